The Balaban J connectivity index is 3.01. The molecule has 0 aliphatic heterocycles. The average molecular weight is 258 g/mol. The van der Waals surface area contributed by atoms with E-state index in [-0.39, 0.29) is 6.04 Å². The molecule has 0 spiro atoms. The van der Waals surface area contributed by atoms with Crippen LogP contribution in [0.2, 0.25) is 0 Å². The van der Waals surface area contributed by atoms with Gasteiger partial charge in [0.1, 0.15) is 5.75 Å². The fourth-order valence-corrected chi connectivity index (χ4v) is 2.32. The predicted octanol–water partition coefficient (Wildman–Crippen LogP) is 2.66. The van der Waals surface area contributed by atoms with E-state index in [0.29, 0.717) is 0 Å². The van der Waals surface area contributed by atoms with Crippen molar-refractivity contribution in [2.24, 2.45) is 5.73 Å². The Morgan fingerprint density at radius 1 is 1.50 bits per heavy atom. The maximum atomic E-state index is 5.75. The summed E-state index contributed by atoms with van der Waals surface area (Å²) in [6, 6.07) is 4.37. The molecule has 0 saturated carbocycles. The van der Waals surface area contributed by atoms with Gasteiger partial charge in [0.2, 0.25) is 0 Å². The minimum absolute atomic E-state index is 0.190. The molecule has 0 heterocycles. The van der Waals surface area contributed by atoms with Crippen LogP contribution in [0.15, 0.2) is 16.6 Å². The number of methoxy groups -OCH3 is 1. The topological polar surface area (TPSA) is 35.2 Å². The summed E-state index contributed by atoms with van der Waals surface area (Å²) in [5.41, 5.74) is 8.13. The summed E-state index contributed by atoms with van der Waals surface area (Å²) in [4.78, 5) is 0. The third-order valence-electron chi connectivity index (χ3n) is 2.05. The van der Waals surface area contributed by atoms with Gasteiger partial charge in [-0.3, -0.25) is 0 Å². The van der Waals surface area contributed by atoms with Crippen molar-refractivity contribution >= 4 is 15.9 Å². The first-order chi connectivity index (χ1) is 6.54. The van der Waals surface area contributed by atoms with Gasteiger partial charge in [-0.1, -0.05) is 6.07 Å². The van der Waals surface area contributed by atoms with Crippen molar-refractivity contribution in [3.05, 3.63) is 27.7 Å². The molecular weight excluding hydrogens is 242 g/mol. The molecule has 1 atom stereocenters. The number of nitrogens with two attached hydrogens (primary N) is 1. The molecule has 14 heavy (non-hydrogen) atoms. The molecule has 0 amide bonds. The molecule has 0 fully saturated rings. The van der Waals surface area contributed by atoms with Gasteiger partial charge in [0, 0.05) is 6.04 Å². The third-order valence-corrected chi connectivity index (χ3v) is 2.64. The van der Waals surface area contributed by atoms with Crippen molar-refractivity contribution in [2.45, 2.75) is 26.3 Å². The molecule has 1 rings (SSSR count). The van der Waals surface area contributed by atoms with E-state index in [1.54, 1.807) is 7.11 Å². The van der Waals surface area contributed by atoms with Gasteiger partial charge in [0.25, 0.3) is 0 Å². The van der Waals surface area contributed by atoms with Gasteiger partial charge in [-0.2, -0.15) is 0 Å². The maximum absolute atomic E-state index is 5.75. The molecule has 1 aromatic carbocycles. The van der Waals surface area contributed by atoms with Crippen LogP contribution in [0.25, 0.3) is 0 Å². The number of aryl methyl sites for hydroxylation is 1. The first-order valence-electron chi connectivity index (χ1n) is 4.63. The summed E-state index contributed by atoms with van der Waals surface area (Å²) in [6.07, 6.45) is 0.892. The smallest absolute Gasteiger partial charge is 0.135 e. The fraction of sp³-hybridized carbons (Fsp3) is 0.455. The van der Waals surface area contributed by atoms with Crippen molar-refractivity contribution in [3.63, 3.8) is 0 Å². The van der Waals surface area contributed by atoms with Crippen LogP contribution in [-0.4, -0.2) is 13.2 Å². The monoisotopic (exact) mass is 257 g/mol. The van der Waals surface area contributed by atoms with E-state index in [1.807, 2.05) is 13.8 Å². The molecule has 78 valence electrons. The molecule has 0 radical (unpaired) electrons. The van der Waals surface area contributed by atoms with Crippen LogP contribution in [0.1, 0.15) is 18.1 Å². The Kier molecular flexibility index (Phi) is 3.96. The van der Waals surface area contributed by atoms with Gasteiger partial charge >= 0.3 is 0 Å². The van der Waals surface area contributed by atoms with Crippen molar-refractivity contribution in [1.29, 1.82) is 0 Å². The molecule has 1 aromatic rings. The van der Waals surface area contributed by atoms with Crippen molar-refractivity contribution in [1.82, 2.24) is 0 Å². The molecule has 0 aliphatic carbocycles. The first-order valence-corrected chi connectivity index (χ1v) is 5.42. The average Bonchev–Trinajstić information content (AvgIpc) is 2.01. The number of rotatable bonds is 3. The van der Waals surface area contributed by atoms with Crippen LogP contribution >= 0.6 is 15.9 Å². The maximum Gasteiger partial charge on any atom is 0.135 e. The highest BCUT2D eigenvalue weighted by atomic mass is 79.9. The zero-order valence-corrected chi connectivity index (χ0v) is 10.4. The molecule has 0 saturated heterocycles. The Bertz CT molecular complexity index is 300. The summed E-state index contributed by atoms with van der Waals surface area (Å²) in [5.74, 6) is 0.901. The van der Waals surface area contributed by atoms with Crippen LogP contribution in [0, 0.1) is 6.92 Å². The summed E-state index contributed by atoms with van der Waals surface area (Å²) < 4.78 is 6.25. The van der Waals surface area contributed by atoms with Crippen molar-refractivity contribution < 1.29 is 4.74 Å². The van der Waals surface area contributed by atoms with Crippen molar-refractivity contribution in [3.8, 4) is 5.75 Å². The molecule has 0 aliphatic rings. The van der Waals surface area contributed by atoms with Gasteiger partial charge in [-0.05, 0) is 53.4 Å². The zero-order valence-electron chi connectivity index (χ0n) is 8.80. The second-order valence-electron chi connectivity index (χ2n) is 3.61. The lowest BCUT2D eigenvalue weighted by Gasteiger charge is -2.11. The first kappa shape index (κ1) is 11.5. The lowest BCUT2D eigenvalue weighted by atomic mass is 10.0. The second-order valence-corrected chi connectivity index (χ2v) is 4.46. The molecule has 1 unspecified atom stereocenters. The van der Waals surface area contributed by atoms with E-state index in [9.17, 15) is 0 Å². The SMILES string of the molecule is COc1c(C)cc(CC(C)N)cc1Br. The number of benzene rings is 1. The second kappa shape index (κ2) is 4.80. The van der Waals surface area contributed by atoms with Crippen LogP contribution in [0.5, 0.6) is 5.75 Å². The molecule has 3 heteroatoms. The van der Waals surface area contributed by atoms with E-state index in [4.69, 9.17) is 10.5 Å². The van der Waals surface area contributed by atoms with Crippen LogP contribution in [0.4, 0.5) is 0 Å². The summed E-state index contributed by atoms with van der Waals surface area (Å²) in [7, 11) is 1.68. The summed E-state index contributed by atoms with van der Waals surface area (Å²) >= 11 is 3.48. The molecule has 0 aromatic heterocycles. The molecule has 2 nitrogen and oxygen atoms in total. The van der Waals surface area contributed by atoms with Crippen molar-refractivity contribution in [2.75, 3.05) is 7.11 Å². The number of hydrogen-bond acceptors (Lipinski definition) is 2. The van der Waals surface area contributed by atoms with E-state index >= 15 is 0 Å². The Morgan fingerprint density at radius 3 is 2.57 bits per heavy atom. The Hall–Kier alpha value is -0.540. The zero-order chi connectivity index (χ0) is 10.7. The normalized spacial score (nSPS) is 12.6. The standard InChI is InChI=1S/C11H16BrNO/c1-7-4-9(5-8(2)13)6-10(12)11(7)14-3/h4,6,8H,5,13H2,1-3H3. The van der Waals surface area contributed by atoms with Gasteiger partial charge in [0.05, 0.1) is 11.6 Å². The summed E-state index contributed by atoms with van der Waals surface area (Å²) in [6.45, 7) is 4.04. The largest absolute Gasteiger partial charge is 0.495 e. The minimum Gasteiger partial charge on any atom is -0.495 e. The van der Waals surface area contributed by atoms with E-state index in [1.165, 1.54) is 5.56 Å². The van der Waals surface area contributed by atoms with E-state index in [2.05, 4.69) is 28.1 Å². The highest BCUT2D eigenvalue weighted by Gasteiger charge is 2.07. The van der Waals surface area contributed by atoms with Crippen LogP contribution in [-0.2, 0) is 6.42 Å². The lowest BCUT2D eigenvalue weighted by Crippen LogP contribution is -2.17. The van der Waals surface area contributed by atoms with Gasteiger partial charge < -0.3 is 10.5 Å². The fourth-order valence-electron chi connectivity index (χ4n) is 1.55. The van der Waals surface area contributed by atoms with Crippen LogP contribution in [0.3, 0.4) is 0 Å². The number of ether oxygens (including phenoxy) is 1. The third kappa shape index (κ3) is 2.72. The van der Waals surface area contributed by atoms with Crippen LogP contribution < -0.4 is 10.5 Å². The van der Waals surface area contributed by atoms with E-state index in [0.717, 1.165) is 22.2 Å². The highest BCUT2D eigenvalue weighted by Crippen LogP contribution is 2.30. The minimum atomic E-state index is 0.190. The highest BCUT2D eigenvalue weighted by molar-refractivity contribution is 9.10. The van der Waals surface area contributed by atoms with Gasteiger partial charge in [-0.15, -0.1) is 0 Å². The van der Waals surface area contributed by atoms with Gasteiger partial charge in [-0.25, -0.2) is 0 Å². The van der Waals surface area contributed by atoms with E-state index < -0.39 is 0 Å². The number of halogens is 1. The molecule has 2 N–H and O–H groups in total. The predicted molar refractivity (Wildman–Crippen MR) is 62.8 cm³/mol. The molecular formula is C11H16BrNO. The lowest BCUT2D eigenvalue weighted by molar-refractivity contribution is 0.409. The number of hydrogen-bond donors (Lipinski definition) is 1. The summed E-state index contributed by atoms with van der Waals surface area (Å²) in [5, 5.41) is 0. The molecule has 0 bridgehead atoms. The quantitative estimate of drug-likeness (QED) is 0.904. The Labute approximate surface area is 93.6 Å². The Morgan fingerprint density at radius 2 is 2.14 bits per heavy atom. The van der Waals surface area contributed by atoms with Gasteiger partial charge in [0.15, 0.2) is 0 Å².